The Kier molecular flexibility index (Phi) is 3.84. The van der Waals surface area contributed by atoms with Crippen LogP contribution in [-0.2, 0) is 4.79 Å². The van der Waals surface area contributed by atoms with Crippen LogP contribution < -0.4 is 0 Å². The number of rotatable bonds is 4. The molecule has 0 unspecified atom stereocenters. The molecule has 14 heavy (non-hydrogen) atoms. The van der Waals surface area contributed by atoms with Crippen molar-refractivity contribution in [2.45, 2.75) is 12.8 Å². The first kappa shape index (κ1) is 10.9. The normalized spacial score (nSPS) is 12.9. The van der Waals surface area contributed by atoms with Gasteiger partial charge in [0.2, 0.25) is 0 Å². The van der Waals surface area contributed by atoms with Gasteiger partial charge in [-0.05, 0) is 26.6 Å². The number of carbonyl (C=O) groups excluding carboxylic acids is 1. The maximum absolute atomic E-state index is 11.5. The molecule has 2 nitrogen and oxygen atoms in total. The van der Waals surface area contributed by atoms with Crippen molar-refractivity contribution in [2.75, 3.05) is 20.6 Å². The van der Waals surface area contributed by atoms with Crippen molar-refractivity contribution in [3.05, 3.63) is 35.9 Å². The van der Waals surface area contributed by atoms with Gasteiger partial charge in [0.1, 0.15) is 5.78 Å². The van der Waals surface area contributed by atoms with E-state index in [1.165, 1.54) is 0 Å². The molecule has 0 saturated carbocycles. The van der Waals surface area contributed by atoms with Crippen molar-refractivity contribution in [1.82, 2.24) is 4.90 Å². The van der Waals surface area contributed by atoms with E-state index in [1.807, 2.05) is 49.3 Å². The van der Waals surface area contributed by atoms with E-state index in [2.05, 4.69) is 0 Å². The van der Waals surface area contributed by atoms with Gasteiger partial charge in [-0.3, -0.25) is 4.79 Å². The van der Waals surface area contributed by atoms with Crippen molar-refractivity contribution in [3.8, 4) is 0 Å². The molecule has 0 saturated heterocycles. The summed E-state index contributed by atoms with van der Waals surface area (Å²) in [5.74, 6) is 0.232. The summed E-state index contributed by atoms with van der Waals surface area (Å²) in [5.41, 5.74) is 1.11. The summed E-state index contributed by atoms with van der Waals surface area (Å²) in [5, 5.41) is 0. The smallest absolute Gasteiger partial charge is 0.138 e. The second-order valence-corrected chi connectivity index (χ2v) is 3.84. The van der Waals surface area contributed by atoms with Crippen molar-refractivity contribution in [2.24, 2.45) is 0 Å². The van der Waals surface area contributed by atoms with Crippen LogP contribution in [0.4, 0.5) is 0 Å². The van der Waals surface area contributed by atoms with Gasteiger partial charge in [-0.2, -0.15) is 0 Å². The Morgan fingerprint density at radius 1 is 1.29 bits per heavy atom. The fraction of sp³-hybridized carbons (Fsp3) is 0.417. The van der Waals surface area contributed by atoms with Crippen LogP contribution in [0, 0.1) is 0 Å². The summed E-state index contributed by atoms with van der Waals surface area (Å²) >= 11 is 0. The fourth-order valence-electron chi connectivity index (χ4n) is 1.52. The average molecular weight is 191 g/mol. The highest BCUT2D eigenvalue weighted by molar-refractivity contribution is 5.83. The van der Waals surface area contributed by atoms with Gasteiger partial charge in [0.05, 0.1) is 5.92 Å². The maximum Gasteiger partial charge on any atom is 0.138 e. The molecule has 0 aliphatic rings. The van der Waals surface area contributed by atoms with E-state index in [0.29, 0.717) is 0 Å². The van der Waals surface area contributed by atoms with Crippen LogP contribution in [0.15, 0.2) is 30.3 Å². The second kappa shape index (κ2) is 4.91. The molecule has 0 bridgehead atoms. The Morgan fingerprint density at radius 2 is 1.86 bits per heavy atom. The monoisotopic (exact) mass is 191 g/mol. The summed E-state index contributed by atoms with van der Waals surface area (Å²) < 4.78 is 0. The third-order valence-electron chi connectivity index (χ3n) is 2.24. The van der Waals surface area contributed by atoms with Crippen molar-refractivity contribution in [1.29, 1.82) is 0 Å². The molecule has 0 radical (unpaired) electrons. The van der Waals surface area contributed by atoms with Crippen LogP contribution in [0.2, 0.25) is 0 Å². The van der Waals surface area contributed by atoms with E-state index >= 15 is 0 Å². The minimum Gasteiger partial charge on any atom is -0.308 e. The number of nitrogens with zero attached hydrogens (tertiary/aromatic N) is 1. The van der Waals surface area contributed by atoms with E-state index in [4.69, 9.17) is 0 Å². The van der Waals surface area contributed by atoms with Crippen LogP contribution in [0.25, 0.3) is 0 Å². The number of ketones is 1. The lowest BCUT2D eigenvalue weighted by molar-refractivity contribution is -0.118. The summed E-state index contributed by atoms with van der Waals surface area (Å²) in [6.07, 6.45) is 0. The van der Waals surface area contributed by atoms with E-state index in [0.717, 1.165) is 12.1 Å². The summed E-state index contributed by atoms with van der Waals surface area (Å²) in [6.45, 7) is 2.43. The van der Waals surface area contributed by atoms with Crippen LogP contribution in [0.1, 0.15) is 18.4 Å². The highest BCUT2D eigenvalue weighted by atomic mass is 16.1. The van der Waals surface area contributed by atoms with Gasteiger partial charge in [-0.1, -0.05) is 30.3 Å². The molecule has 0 aliphatic carbocycles. The number of likely N-dealkylation sites (N-methyl/N-ethyl adjacent to an activating group) is 1. The summed E-state index contributed by atoms with van der Waals surface area (Å²) in [7, 11) is 3.97. The summed E-state index contributed by atoms with van der Waals surface area (Å²) in [4.78, 5) is 13.5. The first-order chi connectivity index (χ1) is 6.61. The molecule has 0 spiro atoms. The van der Waals surface area contributed by atoms with E-state index in [9.17, 15) is 4.79 Å². The molecule has 1 aromatic rings. The number of benzene rings is 1. The zero-order chi connectivity index (χ0) is 10.6. The molecule has 1 rings (SSSR count). The fourth-order valence-corrected chi connectivity index (χ4v) is 1.52. The van der Waals surface area contributed by atoms with E-state index in [1.54, 1.807) is 6.92 Å². The zero-order valence-corrected chi connectivity index (χ0v) is 9.03. The molecule has 2 heteroatoms. The Hall–Kier alpha value is -1.15. The predicted molar refractivity (Wildman–Crippen MR) is 58.4 cm³/mol. The molecule has 0 aliphatic heterocycles. The van der Waals surface area contributed by atoms with E-state index in [-0.39, 0.29) is 11.7 Å². The third-order valence-corrected chi connectivity index (χ3v) is 2.24. The number of hydrogen-bond donors (Lipinski definition) is 0. The van der Waals surface area contributed by atoms with Gasteiger partial charge < -0.3 is 4.90 Å². The quantitative estimate of drug-likeness (QED) is 0.724. The Bertz CT molecular complexity index is 292. The molecule has 1 atom stereocenters. The molecular weight excluding hydrogens is 174 g/mol. The highest BCUT2D eigenvalue weighted by Crippen LogP contribution is 2.16. The largest absolute Gasteiger partial charge is 0.308 e. The lowest BCUT2D eigenvalue weighted by Crippen LogP contribution is -2.24. The molecule has 0 aromatic heterocycles. The van der Waals surface area contributed by atoms with Gasteiger partial charge >= 0.3 is 0 Å². The van der Waals surface area contributed by atoms with E-state index < -0.39 is 0 Å². The molecule has 76 valence electrons. The average Bonchev–Trinajstić information content (AvgIpc) is 2.15. The van der Waals surface area contributed by atoms with Crippen LogP contribution in [-0.4, -0.2) is 31.3 Å². The van der Waals surface area contributed by atoms with Crippen molar-refractivity contribution < 1.29 is 4.79 Å². The topological polar surface area (TPSA) is 20.3 Å². The second-order valence-electron chi connectivity index (χ2n) is 3.84. The first-order valence-corrected chi connectivity index (χ1v) is 4.81. The SMILES string of the molecule is CC(=O)[C@H](CN(C)C)c1ccccc1. The lowest BCUT2D eigenvalue weighted by Gasteiger charge is -2.18. The zero-order valence-electron chi connectivity index (χ0n) is 9.03. The summed E-state index contributed by atoms with van der Waals surface area (Å²) in [6, 6.07) is 9.93. The van der Waals surface area contributed by atoms with Gasteiger partial charge in [0.15, 0.2) is 0 Å². The van der Waals surface area contributed by atoms with Crippen LogP contribution in [0.3, 0.4) is 0 Å². The highest BCUT2D eigenvalue weighted by Gasteiger charge is 2.16. The maximum atomic E-state index is 11.5. The molecule has 0 N–H and O–H groups in total. The predicted octanol–water partition coefficient (Wildman–Crippen LogP) is 1.92. The Morgan fingerprint density at radius 3 is 2.29 bits per heavy atom. The van der Waals surface area contributed by atoms with Crippen LogP contribution in [0.5, 0.6) is 0 Å². The van der Waals surface area contributed by atoms with Crippen molar-refractivity contribution in [3.63, 3.8) is 0 Å². The van der Waals surface area contributed by atoms with Gasteiger partial charge in [0.25, 0.3) is 0 Å². The molecular formula is C12H17NO. The minimum absolute atomic E-state index is 0.00574. The van der Waals surface area contributed by atoms with Crippen LogP contribution >= 0.6 is 0 Å². The number of Topliss-reactive ketones (excluding diaryl/α,β-unsaturated/α-hetero) is 1. The third kappa shape index (κ3) is 2.96. The molecule has 0 amide bonds. The number of carbonyl (C=O) groups is 1. The Labute approximate surface area is 85.5 Å². The van der Waals surface area contributed by atoms with Gasteiger partial charge in [-0.25, -0.2) is 0 Å². The Balaban J connectivity index is 2.84. The van der Waals surface area contributed by atoms with Crippen molar-refractivity contribution >= 4 is 5.78 Å². The van der Waals surface area contributed by atoms with Gasteiger partial charge in [-0.15, -0.1) is 0 Å². The number of hydrogen-bond acceptors (Lipinski definition) is 2. The molecule has 0 fully saturated rings. The minimum atomic E-state index is 0.00574. The molecule has 1 aromatic carbocycles. The molecule has 0 heterocycles. The standard InChI is InChI=1S/C12H17NO/c1-10(14)12(9-13(2)3)11-7-5-4-6-8-11/h4-8,12H,9H2,1-3H3/t12-/m0/s1. The van der Waals surface area contributed by atoms with Gasteiger partial charge in [0, 0.05) is 6.54 Å². The lowest BCUT2D eigenvalue weighted by atomic mass is 9.95. The first-order valence-electron chi connectivity index (χ1n) is 4.81.